The van der Waals surface area contributed by atoms with Gasteiger partial charge < -0.3 is 11.9 Å². The lowest BCUT2D eigenvalue weighted by Crippen LogP contribution is -2.16. The molecule has 0 aromatic rings. The molecule has 0 unspecified atom stereocenters. The minimum Gasteiger partial charge on any atom is -0.366 e. The lowest BCUT2D eigenvalue weighted by molar-refractivity contribution is -0.114. The number of primary amides is 1. The average Bonchev–Trinajstić information content (AvgIpc) is 1.64. The average molecular weight is 130 g/mol. The summed E-state index contributed by atoms with van der Waals surface area (Å²) in [4.78, 5) is 10.3. The van der Waals surface area contributed by atoms with E-state index in [1.54, 1.807) is 0 Å². The molecule has 3 heteroatoms. The maximum atomic E-state index is 10.3. The van der Waals surface area contributed by atoms with Gasteiger partial charge in [0.05, 0.1) is 0 Å². The number of carbonyl (C=O) groups excluding carboxylic acids is 1. The van der Waals surface area contributed by atoms with E-state index >= 15 is 0 Å². The smallest absolute Gasteiger partial charge is 0.244 e. The van der Waals surface area contributed by atoms with Gasteiger partial charge in [0.25, 0.3) is 0 Å². The van der Waals surface area contributed by atoms with E-state index in [9.17, 15) is 4.79 Å². The molecule has 0 aromatic carbocycles. The predicted molar refractivity (Wildman–Crippen MR) is 38.2 cm³/mol. The summed E-state index contributed by atoms with van der Waals surface area (Å²) in [6, 6.07) is 0. The molecule has 0 fully saturated rings. The van der Waals surface area contributed by atoms with Gasteiger partial charge in [-0.3, -0.25) is 4.79 Å². The van der Waals surface area contributed by atoms with Gasteiger partial charge in [-0.25, -0.2) is 0 Å². The summed E-state index contributed by atoms with van der Waals surface area (Å²) in [7, 11) is 0. The van der Waals surface area contributed by atoms with Crippen LogP contribution in [0.25, 0.3) is 0 Å². The van der Waals surface area contributed by atoms with Crippen LogP contribution in [0.5, 0.6) is 0 Å². The third-order valence-electron chi connectivity index (χ3n) is 1.01. The molecule has 3 nitrogen and oxygen atoms in total. The van der Waals surface area contributed by atoms with Crippen molar-refractivity contribution >= 4 is 5.91 Å². The third kappa shape index (κ3) is 3.73. The van der Waals surface area contributed by atoms with Crippen molar-refractivity contribution < 1.29 is 4.79 Å². The Bertz CT molecular complexity index is 118. The molecule has 0 aliphatic carbocycles. The second kappa shape index (κ2) is 4.09. The van der Waals surface area contributed by atoms with Gasteiger partial charge in [0.2, 0.25) is 5.91 Å². The van der Waals surface area contributed by atoms with Gasteiger partial charge >= 0.3 is 0 Å². The molecule has 0 rings (SSSR count). The zero-order valence-corrected chi connectivity index (χ0v) is 5.98. The van der Waals surface area contributed by atoms with Crippen molar-refractivity contribution in [2.24, 2.45) is 11.7 Å². The van der Waals surface area contributed by atoms with E-state index in [1.807, 2.05) is 13.8 Å². The zero-order valence-electron chi connectivity index (χ0n) is 5.98. The van der Waals surface area contributed by atoms with Crippen molar-refractivity contribution in [2.45, 2.75) is 13.8 Å². The van der Waals surface area contributed by atoms with E-state index in [-0.39, 0.29) is 12.1 Å². The molecule has 54 valence electrons. The summed E-state index contributed by atoms with van der Waals surface area (Å²) in [6.45, 7) is 7.24. The van der Waals surface area contributed by atoms with Gasteiger partial charge in [-0.05, 0) is 5.92 Å². The summed E-state index contributed by atoms with van der Waals surface area (Å²) in [5.74, 6) is -0.229. The van der Waals surface area contributed by atoms with Crippen molar-refractivity contribution in [2.75, 3.05) is 0 Å². The first-order valence-electron chi connectivity index (χ1n) is 2.54. The SMILES string of the molecule is C=C(C(N)=O)C(C)C.N. The van der Waals surface area contributed by atoms with Crippen LogP contribution in [0.4, 0.5) is 0 Å². The van der Waals surface area contributed by atoms with Crippen molar-refractivity contribution in [3.8, 4) is 0 Å². The Morgan fingerprint density at radius 2 is 1.89 bits per heavy atom. The lowest BCUT2D eigenvalue weighted by Gasteiger charge is -2.01. The highest BCUT2D eigenvalue weighted by Crippen LogP contribution is 2.03. The van der Waals surface area contributed by atoms with E-state index in [1.165, 1.54) is 0 Å². The quantitative estimate of drug-likeness (QED) is 0.543. The zero-order chi connectivity index (χ0) is 6.73. The minimum atomic E-state index is -0.403. The molecule has 0 bridgehead atoms. The van der Waals surface area contributed by atoms with Gasteiger partial charge in [0.15, 0.2) is 0 Å². The first-order valence-corrected chi connectivity index (χ1v) is 2.54. The number of hydrogen-bond donors (Lipinski definition) is 2. The fourth-order valence-electron chi connectivity index (χ4n) is 0.285. The van der Waals surface area contributed by atoms with Crippen LogP contribution >= 0.6 is 0 Å². The number of rotatable bonds is 2. The summed E-state index contributed by atoms with van der Waals surface area (Å²) in [5.41, 5.74) is 5.39. The first kappa shape index (κ1) is 11.0. The number of nitrogens with two attached hydrogens (primary N) is 1. The van der Waals surface area contributed by atoms with E-state index in [2.05, 4.69) is 6.58 Å². The minimum absolute atomic E-state index is 0. The Balaban J connectivity index is 0. The lowest BCUT2D eigenvalue weighted by atomic mass is 10.1. The Morgan fingerprint density at radius 3 is 1.89 bits per heavy atom. The van der Waals surface area contributed by atoms with Gasteiger partial charge in [-0.1, -0.05) is 20.4 Å². The Morgan fingerprint density at radius 1 is 1.56 bits per heavy atom. The molecule has 0 spiro atoms. The van der Waals surface area contributed by atoms with Gasteiger partial charge in [0.1, 0.15) is 0 Å². The third-order valence-corrected chi connectivity index (χ3v) is 1.01. The first-order chi connectivity index (χ1) is 3.55. The van der Waals surface area contributed by atoms with E-state index in [4.69, 9.17) is 5.73 Å². The maximum absolute atomic E-state index is 10.3. The van der Waals surface area contributed by atoms with Crippen LogP contribution in [0.1, 0.15) is 13.8 Å². The summed E-state index contributed by atoms with van der Waals surface area (Å²) < 4.78 is 0. The summed E-state index contributed by atoms with van der Waals surface area (Å²) in [6.07, 6.45) is 0. The molecule has 0 atom stereocenters. The highest BCUT2D eigenvalue weighted by Gasteiger charge is 2.03. The molecule has 0 aliphatic rings. The van der Waals surface area contributed by atoms with Crippen LogP contribution in [0.15, 0.2) is 12.2 Å². The molecule has 0 aromatic heterocycles. The Labute approximate surface area is 55.5 Å². The van der Waals surface area contributed by atoms with Gasteiger partial charge in [-0.15, -0.1) is 0 Å². The summed E-state index contributed by atoms with van der Waals surface area (Å²) >= 11 is 0. The van der Waals surface area contributed by atoms with E-state index < -0.39 is 5.91 Å². The van der Waals surface area contributed by atoms with E-state index in [0.717, 1.165) is 0 Å². The molecule has 0 saturated heterocycles. The number of hydrogen-bond acceptors (Lipinski definition) is 2. The summed E-state index contributed by atoms with van der Waals surface area (Å²) in [5, 5.41) is 0. The van der Waals surface area contributed by atoms with Crippen molar-refractivity contribution in [3.05, 3.63) is 12.2 Å². The molecule has 0 saturated carbocycles. The van der Waals surface area contributed by atoms with Crippen LogP contribution < -0.4 is 11.9 Å². The second-order valence-corrected chi connectivity index (χ2v) is 2.04. The Hall–Kier alpha value is -0.830. The molecule has 0 aliphatic heterocycles. The highest BCUT2D eigenvalue weighted by atomic mass is 16.1. The molecule has 5 N–H and O–H groups in total. The van der Waals surface area contributed by atoms with E-state index in [0.29, 0.717) is 5.57 Å². The van der Waals surface area contributed by atoms with Crippen LogP contribution in [0.3, 0.4) is 0 Å². The Kier molecular flexibility index (Phi) is 5.01. The van der Waals surface area contributed by atoms with Crippen LogP contribution in [-0.2, 0) is 4.79 Å². The maximum Gasteiger partial charge on any atom is 0.244 e. The molecular formula is C6H14N2O. The molecule has 0 radical (unpaired) electrons. The normalized spacial score (nSPS) is 8.33. The van der Waals surface area contributed by atoms with Crippen LogP contribution in [0, 0.1) is 5.92 Å². The fourth-order valence-corrected chi connectivity index (χ4v) is 0.285. The van der Waals surface area contributed by atoms with Crippen molar-refractivity contribution in [1.29, 1.82) is 0 Å². The molecule has 0 heterocycles. The molecule has 9 heavy (non-hydrogen) atoms. The number of amides is 1. The standard InChI is InChI=1S/C6H11NO.H3N/c1-4(2)5(3)6(7)8;/h4H,3H2,1-2H3,(H2,7,8);1H3. The second-order valence-electron chi connectivity index (χ2n) is 2.04. The number of carbonyl (C=O) groups is 1. The molecule has 1 amide bonds. The van der Waals surface area contributed by atoms with Crippen LogP contribution in [0.2, 0.25) is 0 Å². The topological polar surface area (TPSA) is 78.1 Å². The van der Waals surface area contributed by atoms with Gasteiger partial charge in [-0.2, -0.15) is 0 Å². The van der Waals surface area contributed by atoms with Crippen LogP contribution in [-0.4, -0.2) is 5.91 Å². The largest absolute Gasteiger partial charge is 0.366 e. The van der Waals surface area contributed by atoms with Gasteiger partial charge in [0, 0.05) is 5.57 Å². The van der Waals surface area contributed by atoms with Crippen molar-refractivity contribution in [1.82, 2.24) is 6.15 Å². The van der Waals surface area contributed by atoms with Crippen molar-refractivity contribution in [3.63, 3.8) is 0 Å². The monoisotopic (exact) mass is 130 g/mol. The predicted octanol–water partition coefficient (Wildman–Crippen LogP) is 0.846. The highest BCUT2D eigenvalue weighted by molar-refractivity contribution is 5.91. The fraction of sp³-hybridized carbons (Fsp3) is 0.500. The molecular weight excluding hydrogens is 116 g/mol.